The highest BCUT2D eigenvalue weighted by Crippen LogP contribution is 2.13. The van der Waals surface area contributed by atoms with Gasteiger partial charge in [0.15, 0.2) is 0 Å². The van der Waals surface area contributed by atoms with Crippen molar-refractivity contribution >= 4 is 44.6 Å². The predicted molar refractivity (Wildman–Crippen MR) is 152 cm³/mol. The van der Waals surface area contributed by atoms with Crippen LogP contribution >= 0.6 is 0 Å². The monoisotopic (exact) mass is 549 g/mol. The number of carbonyl (C=O) groups excluding carboxylic acids is 3. The van der Waals surface area contributed by atoms with E-state index in [2.05, 4.69) is 75.5 Å². The van der Waals surface area contributed by atoms with Gasteiger partial charge in [-0.05, 0) is 13.3 Å². The summed E-state index contributed by atoms with van der Waals surface area (Å²) >= 11 is 0. The Balaban J connectivity index is 2.40. The van der Waals surface area contributed by atoms with Gasteiger partial charge in [-0.15, -0.1) is 0 Å². The number of rotatable bonds is 16. The van der Waals surface area contributed by atoms with Gasteiger partial charge in [0.05, 0.1) is 22.8 Å². The molecule has 0 aliphatic carbocycles. The molecule has 0 heterocycles. The fourth-order valence-corrected chi connectivity index (χ4v) is 7.00. The second-order valence-corrected chi connectivity index (χ2v) is 20.8. The average Bonchev–Trinajstić information content (AvgIpc) is 2.84. The first kappa shape index (κ1) is 32.3. The standard InChI is InChI=1S/C27H43NO7Si2/c1-9-24(29)34-20-27(3,21-35-25(30)10-2)28-26(31)33-18-17-32-16-11-19-37(7,8)23-14-12-22(13-15-23)36(4,5)6/h9-10,12-15H,1-2,11,16-21H2,3-8H3,(H,28,31). The summed E-state index contributed by atoms with van der Waals surface area (Å²) in [5, 5.41) is 5.50. The van der Waals surface area contributed by atoms with Gasteiger partial charge in [-0.1, -0.05) is 86.6 Å². The lowest BCUT2D eigenvalue weighted by Crippen LogP contribution is -2.53. The van der Waals surface area contributed by atoms with Gasteiger partial charge < -0.3 is 24.3 Å². The lowest BCUT2D eigenvalue weighted by Gasteiger charge is -2.29. The number of hydrogen-bond donors (Lipinski definition) is 1. The highest BCUT2D eigenvalue weighted by Gasteiger charge is 2.31. The van der Waals surface area contributed by atoms with E-state index in [1.165, 1.54) is 10.4 Å². The Bertz CT molecular complexity index is 900. The van der Waals surface area contributed by atoms with Crippen molar-refractivity contribution in [3.8, 4) is 0 Å². The smallest absolute Gasteiger partial charge is 0.407 e. The Morgan fingerprint density at radius 3 is 1.84 bits per heavy atom. The van der Waals surface area contributed by atoms with Crippen molar-refractivity contribution in [3.05, 3.63) is 49.6 Å². The van der Waals surface area contributed by atoms with E-state index in [0.717, 1.165) is 24.6 Å². The van der Waals surface area contributed by atoms with Crippen molar-refractivity contribution in [3.63, 3.8) is 0 Å². The fraction of sp³-hybridized carbons (Fsp3) is 0.519. The number of hydrogen-bond acceptors (Lipinski definition) is 7. The molecule has 37 heavy (non-hydrogen) atoms. The molecule has 0 radical (unpaired) electrons. The highest BCUT2D eigenvalue weighted by molar-refractivity contribution is 6.90. The van der Waals surface area contributed by atoms with Gasteiger partial charge in [0.1, 0.15) is 25.4 Å². The lowest BCUT2D eigenvalue weighted by molar-refractivity contribution is -0.144. The normalized spacial score (nSPS) is 11.8. The van der Waals surface area contributed by atoms with E-state index in [0.29, 0.717) is 6.61 Å². The van der Waals surface area contributed by atoms with Gasteiger partial charge in [0.2, 0.25) is 0 Å². The summed E-state index contributed by atoms with van der Waals surface area (Å²) in [6, 6.07) is 10.3. The zero-order valence-electron chi connectivity index (χ0n) is 23.2. The van der Waals surface area contributed by atoms with Gasteiger partial charge in [-0.25, -0.2) is 14.4 Å². The van der Waals surface area contributed by atoms with Crippen molar-refractivity contribution < 1.29 is 33.3 Å². The third kappa shape index (κ3) is 12.4. The van der Waals surface area contributed by atoms with Crippen LogP contribution in [0.5, 0.6) is 0 Å². The van der Waals surface area contributed by atoms with Crippen LogP contribution in [0.1, 0.15) is 13.3 Å². The summed E-state index contributed by atoms with van der Waals surface area (Å²) in [5.41, 5.74) is -1.20. The number of esters is 2. The third-order valence-corrected chi connectivity index (χ3v) is 11.5. The van der Waals surface area contributed by atoms with Crippen molar-refractivity contribution in [1.29, 1.82) is 0 Å². The van der Waals surface area contributed by atoms with Crippen LogP contribution in [0.15, 0.2) is 49.6 Å². The van der Waals surface area contributed by atoms with Crippen LogP contribution in [0.4, 0.5) is 4.79 Å². The molecule has 0 atom stereocenters. The SMILES string of the molecule is C=CC(=O)OCC(C)(COC(=O)C=C)NC(=O)OCCOCCC[Si](C)(C)c1ccc([Si](C)(C)C)cc1. The van der Waals surface area contributed by atoms with Crippen molar-refractivity contribution in [2.45, 2.75) is 57.7 Å². The minimum absolute atomic E-state index is 0.0553. The average molecular weight is 550 g/mol. The summed E-state index contributed by atoms with van der Waals surface area (Å²) in [4.78, 5) is 35.1. The van der Waals surface area contributed by atoms with E-state index in [1.807, 2.05) is 0 Å². The summed E-state index contributed by atoms with van der Waals surface area (Å²) in [7, 11) is -2.85. The second kappa shape index (κ2) is 14.9. The highest BCUT2D eigenvalue weighted by atomic mass is 28.3. The molecule has 206 valence electrons. The first-order valence-electron chi connectivity index (χ1n) is 12.4. The Labute approximate surface area is 223 Å². The maximum Gasteiger partial charge on any atom is 0.407 e. The minimum Gasteiger partial charge on any atom is -0.460 e. The van der Waals surface area contributed by atoms with Crippen LogP contribution in [-0.2, 0) is 28.5 Å². The van der Waals surface area contributed by atoms with E-state index < -0.39 is 39.7 Å². The van der Waals surface area contributed by atoms with Crippen molar-refractivity contribution in [2.24, 2.45) is 0 Å². The Morgan fingerprint density at radius 1 is 0.838 bits per heavy atom. The zero-order valence-corrected chi connectivity index (χ0v) is 25.2. The van der Waals surface area contributed by atoms with Crippen LogP contribution in [0.2, 0.25) is 38.8 Å². The van der Waals surface area contributed by atoms with Gasteiger partial charge in [-0.3, -0.25) is 0 Å². The number of amides is 1. The molecule has 0 spiro atoms. The molecule has 0 fully saturated rings. The van der Waals surface area contributed by atoms with Gasteiger partial charge in [0.25, 0.3) is 0 Å². The number of carbonyl (C=O) groups is 3. The molecule has 0 aromatic heterocycles. The number of alkyl carbamates (subject to hydrolysis) is 1. The Hall–Kier alpha value is -2.70. The second-order valence-electron chi connectivity index (χ2n) is 10.9. The zero-order chi connectivity index (χ0) is 28.1. The molecule has 0 aliphatic heterocycles. The van der Waals surface area contributed by atoms with E-state index in [4.69, 9.17) is 18.9 Å². The largest absolute Gasteiger partial charge is 0.460 e. The Morgan fingerprint density at radius 2 is 1.35 bits per heavy atom. The van der Waals surface area contributed by atoms with Crippen LogP contribution in [0.3, 0.4) is 0 Å². The number of nitrogens with one attached hydrogen (secondary N) is 1. The molecule has 1 aromatic rings. The molecular weight excluding hydrogens is 506 g/mol. The van der Waals surface area contributed by atoms with E-state index in [9.17, 15) is 14.4 Å². The first-order valence-corrected chi connectivity index (χ1v) is 19.2. The molecule has 1 N–H and O–H groups in total. The maximum atomic E-state index is 12.2. The van der Waals surface area contributed by atoms with Crippen molar-refractivity contribution in [1.82, 2.24) is 5.32 Å². The summed E-state index contributed by atoms with van der Waals surface area (Å²) in [6.07, 6.45) is 2.19. The summed E-state index contributed by atoms with van der Waals surface area (Å²) < 4.78 is 20.9. The molecule has 0 bridgehead atoms. The van der Waals surface area contributed by atoms with E-state index >= 15 is 0 Å². The third-order valence-electron chi connectivity index (χ3n) is 5.89. The Kier molecular flexibility index (Phi) is 13.0. The summed E-state index contributed by atoms with van der Waals surface area (Å²) in [5.74, 6) is -1.33. The van der Waals surface area contributed by atoms with E-state index in [1.54, 1.807) is 6.92 Å². The predicted octanol–water partition coefficient (Wildman–Crippen LogP) is 3.50. The quantitative estimate of drug-likeness (QED) is 0.111. The van der Waals surface area contributed by atoms with Gasteiger partial charge in [0, 0.05) is 18.8 Å². The first-order chi connectivity index (χ1) is 17.2. The molecule has 10 heteroatoms. The molecule has 1 amide bonds. The van der Waals surface area contributed by atoms with Crippen LogP contribution in [-0.4, -0.2) is 72.8 Å². The lowest BCUT2D eigenvalue weighted by atomic mass is 10.1. The molecule has 0 unspecified atom stereocenters. The van der Waals surface area contributed by atoms with Crippen LogP contribution < -0.4 is 15.7 Å². The fourth-order valence-electron chi connectivity index (χ4n) is 3.45. The molecule has 8 nitrogen and oxygen atoms in total. The van der Waals surface area contributed by atoms with Gasteiger partial charge >= 0.3 is 18.0 Å². The molecule has 1 rings (SSSR count). The number of benzene rings is 1. The van der Waals surface area contributed by atoms with E-state index in [-0.39, 0.29) is 26.4 Å². The topological polar surface area (TPSA) is 100 Å². The van der Waals surface area contributed by atoms with Crippen LogP contribution in [0.25, 0.3) is 0 Å². The molecule has 0 saturated heterocycles. The summed E-state index contributed by atoms with van der Waals surface area (Å²) in [6.45, 7) is 20.4. The minimum atomic E-state index is -1.56. The molecule has 0 aliphatic rings. The maximum absolute atomic E-state index is 12.2. The number of ether oxygens (including phenoxy) is 4. The van der Waals surface area contributed by atoms with Crippen LogP contribution in [0, 0.1) is 0 Å². The van der Waals surface area contributed by atoms with Crippen molar-refractivity contribution in [2.75, 3.05) is 33.0 Å². The molecule has 0 saturated carbocycles. The molecule has 1 aromatic carbocycles. The van der Waals surface area contributed by atoms with Gasteiger partial charge in [-0.2, -0.15) is 0 Å². The molecular formula is C27H43NO7Si2.